The number of carboxylic acids is 1. The van der Waals surface area contributed by atoms with Gasteiger partial charge in [0.15, 0.2) is 0 Å². The van der Waals surface area contributed by atoms with Crippen LogP contribution in [-0.2, 0) is 30.4 Å². The number of benzene rings is 1. The smallest absolute Gasteiger partial charge is 0.326 e. The van der Waals surface area contributed by atoms with Crippen molar-refractivity contribution >= 4 is 53.1 Å². The number of thiol groups is 1. The number of carbonyl (C=O) groups excluding carboxylic acids is 4. The summed E-state index contributed by atoms with van der Waals surface area (Å²) in [6, 6.07) is 2.81. The van der Waals surface area contributed by atoms with Crippen LogP contribution in [0.2, 0.25) is 0 Å². The lowest BCUT2D eigenvalue weighted by atomic mass is 10.0. The predicted octanol–water partition coefficient (Wildman–Crippen LogP) is -0.572. The molecule has 0 aliphatic carbocycles. The van der Waals surface area contributed by atoms with E-state index in [0.717, 1.165) is 10.9 Å². The Morgan fingerprint density at radius 2 is 1.57 bits per heavy atom. The molecule has 4 amide bonds. The average molecular weight is 535 g/mol. The highest BCUT2D eigenvalue weighted by Crippen LogP contribution is 2.19. The molecule has 12 nitrogen and oxygen atoms in total. The van der Waals surface area contributed by atoms with Gasteiger partial charge in [-0.2, -0.15) is 12.6 Å². The summed E-state index contributed by atoms with van der Waals surface area (Å²) >= 11 is 4.15. The third-order valence-corrected chi connectivity index (χ3v) is 6.23. The Morgan fingerprint density at radius 1 is 0.973 bits per heavy atom. The molecule has 9 N–H and O–H groups in total. The molecule has 1 aromatic carbocycles. The second-order valence-corrected chi connectivity index (χ2v) is 9.41. The number of nitrogens with two attached hydrogens (primary N) is 2. The number of para-hydroxylation sites is 1. The molecule has 0 spiro atoms. The number of nitrogens with one attached hydrogen (secondary N) is 4. The Morgan fingerprint density at radius 3 is 2.16 bits per heavy atom. The van der Waals surface area contributed by atoms with Crippen molar-refractivity contribution in [2.24, 2.45) is 17.4 Å². The minimum Gasteiger partial charge on any atom is -0.480 e. The third kappa shape index (κ3) is 8.50. The monoisotopic (exact) mass is 534 g/mol. The van der Waals surface area contributed by atoms with Gasteiger partial charge in [-0.25, -0.2) is 4.79 Å². The molecule has 0 aliphatic rings. The Bertz CT molecular complexity index is 1140. The first kappa shape index (κ1) is 29.6. The van der Waals surface area contributed by atoms with Gasteiger partial charge in [-0.15, -0.1) is 0 Å². The first-order chi connectivity index (χ1) is 17.4. The summed E-state index contributed by atoms with van der Waals surface area (Å²) in [5.41, 5.74) is 12.5. The zero-order valence-electron chi connectivity index (χ0n) is 20.7. The maximum Gasteiger partial charge on any atom is 0.326 e. The van der Waals surface area contributed by atoms with Gasteiger partial charge in [0.05, 0.1) is 6.04 Å². The second kappa shape index (κ2) is 13.7. The molecule has 13 heteroatoms. The molecule has 0 fully saturated rings. The number of fused-ring (bicyclic) bond motifs is 1. The van der Waals surface area contributed by atoms with E-state index in [9.17, 15) is 29.1 Å². The van der Waals surface area contributed by atoms with Crippen molar-refractivity contribution in [1.82, 2.24) is 20.9 Å². The van der Waals surface area contributed by atoms with Gasteiger partial charge in [0.25, 0.3) is 0 Å². The van der Waals surface area contributed by atoms with E-state index < -0.39 is 53.8 Å². The number of aromatic nitrogens is 1. The molecule has 2 aromatic rings. The summed E-state index contributed by atoms with van der Waals surface area (Å²) in [6.45, 7) is 3.53. The van der Waals surface area contributed by atoms with Crippen LogP contribution >= 0.6 is 12.6 Å². The van der Waals surface area contributed by atoms with Crippen LogP contribution in [0, 0.1) is 5.92 Å². The molecule has 0 saturated heterocycles. The normalized spacial score (nSPS) is 14.4. The zero-order chi connectivity index (χ0) is 27.7. The highest BCUT2D eigenvalue weighted by molar-refractivity contribution is 7.80. The molecule has 4 unspecified atom stereocenters. The van der Waals surface area contributed by atoms with E-state index >= 15 is 0 Å². The van der Waals surface area contributed by atoms with Gasteiger partial charge >= 0.3 is 5.97 Å². The highest BCUT2D eigenvalue weighted by atomic mass is 32.1. The number of aromatic amines is 1. The van der Waals surface area contributed by atoms with Gasteiger partial charge in [-0.05, 0) is 24.0 Å². The SMILES string of the molecule is CC(C)C(N)C(=O)NC(CS)C(=O)NC(Cc1c[nH]c2ccccc12)C(=O)NC(CCC(N)=O)C(=O)O. The zero-order valence-corrected chi connectivity index (χ0v) is 21.6. The maximum absolute atomic E-state index is 13.2. The van der Waals surface area contributed by atoms with Gasteiger partial charge in [-0.3, -0.25) is 19.2 Å². The van der Waals surface area contributed by atoms with Gasteiger partial charge in [0, 0.05) is 35.7 Å². The van der Waals surface area contributed by atoms with Crippen LogP contribution in [0.5, 0.6) is 0 Å². The van der Waals surface area contributed by atoms with Crippen molar-refractivity contribution in [1.29, 1.82) is 0 Å². The average Bonchev–Trinajstić information content (AvgIpc) is 3.26. The topological polar surface area (TPSA) is 209 Å². The van der Waals surface area contributed by atoms with Crippen molar-refractivity contribution in [2.75, 3.05) is 5.75 Å². The number of hydrogen-bond donors (Lipinski definition) is 8. The van der Waals surface area contributed by atoms with Crippen LogP contribution in [0.15, 0.2) is 30.5 Å². The van der Waals surface area contributed by atoms with Gasteiger partial charge in [-0.1, -0.05) is 32.0 Å². The summed E-state index contributed by atoms with van der Waals surface area (Å²) in [6.07, 6.45) is 1.24. The number of amides is 4. The van der Waals surface area contributed by atoms with Crippen molar-refractivity contribution in [2.45, 2.75) is 57.3 Å². The standard InChI is InChI=1S/C24H34N6O6S/c1-12(2)20(26)23(34)30-18(11-37)22(33)29-17(9-13-10-27-15-6-4-3-5-14(13)15)21(32)28-16(24(35)36)7-8-19(25)31/h3-6,10,12,16-18,20,27,37H,7-9,11,26H2,1-2H3,(H2,25,31)(H,28,32)(H,29,33)(H,30,34)(H,35,36). The first-order valence-corrected chi connectivity index (χ1v) is 12.4. The molecule has 37 heavy (non-hydrogen) atoms. The number of carboxylic acid groups (broad SMARTS) is 1. The Balaban J connectivity index is 2.27. The van der Waals surface area contributed by atoms with Gasteiger partial charge < -0.3 is 37.5 Å². The number of hydrogen-bond acceptors (Lipinski definition) is 7. The molecule has 4 atom stereocenters. The minimum atomic E-state index is -1.40. The number of aliphatic carboxylic acids is 1. The molecular weight excluding hydrogens is 500 g/mol. The highest BCUT2D eigenvalue weighted by Gasteiger charge is 2.31. The largest absolute Gasteiger partial charge is 0.480 e. The summed E-state index contributed by atoms with van der Waals surface area (Å²) in [5, 5.41) is 17.8. The molecule has 2 rings (SSSR count). The van der Waals surface area contributed by atoms with Crippen LogP contribution < -0.4 is 27.4 Å². The molecule has 1 aromatic heterocycles. The molecule has 0 bridgehead atoms. The van der Waals surface area contributed by atoms with E-state index in [1.54, 1.807) is 20.0 Å². The van der Waals surface area contributed by atoms with Gasteiger partial charge in [0.1, 0.15) is 18.1 Å². The summed E-state index contributed by atoms with van der Waals surface area (Å²) in [5.74, 6) is -4.32. The van der Waals surface area contributed by atoms with Crippen LogP contribution in [0.25, 0.3) is 10.9 Å². The summed E-state index contributed by atoms with van der Waals surface area (Å²) in [7, 11) is 0. The molecule has 0 aliphatic heterocycles. The van der Waals surface area contributed by atoms with E-state index in [-0.39, 0.29) is 30.9 Å². The number of carbonyl (C=O) groups is 5. The quantitative estimate of drug-likeness (QED) is 0.148. The Labute approximate surface area is 219 Å². The summed E-state index contributed by atoms with van der Waals surface area (Å²) in [4.78, 5) is 64.5. The van der Waals surface area contributed by atoms with E-state index in [1.807, 2.05) is 24.3 Å². The third-order valence-electron chi connectivity index (χ3n) is 5.86. The van der Waals surface area contributed by atoms with E-state index in [0.29, 0.717) is 5.56 Å². The lowest BCUT2D eigenvalue weighted by molar-refractivity contribution is -0.142. The molecule has 1 heterocycles. The van der Waals surface area contributed by atoms with Gasteiger partial charge in [0.2, 0.25) is 23.6 Å². The van der Waals surface area contributed by atoms with E-state index in [1.165, 1.54) is 0 Å². The lowest BCUT2D eigenvalue weighted by Crippen LogP contribution is -2.58. The van der Waals surface area contributed by atoms with Crippen LogP contribution in [0.3, 0.4) is 0 Å². The molecular formula is C24H34N6O6S. The Kier molecular flexibility index (Phi) is 10.9. The second-order valence-electron chi connectivity index (χ2n) is 9.04. The van der Waals surface area contributed by atoms with Crippen LogP contribution in [0.4, 0.5) is 0 Å². The van der Waals surface area contributed by atoms with Crippen molar-refractivity contribution in [3.05, 3.63) is 36.0 Å². The fraction of sp³-hybridized carbons (Fsp3) is 0.458. The van der Waals surface area contributed by atoms with Crippen molar-refractivity contribution < 1.29 is 29.1 Å². The predicted molar refractivity (Wildman–Crippen MR) is 141 cm³/mol. The summed E-state index contributed by atoms with van der Waals surface area (Å²) < 4.78 is 0. The van der Waals surface area contributed by atoms with Crippen molar-refractivity contribution in [3.63, 3.8) is 0 Å². The number of H-pyrrole nitrogens is 1. The van der Waals surface area contributed by atoms with Crippen LogP contribution in [-0.4, -0.2) is 69.6 Å². The van der Waals surface area contributed by atoms with Crippen LogP contribution in [0.1, 0.15) is 32.3 Å². The minimum absolute atomic E-state index is 0.0164. The van der Waals surface area contributed by atoms with Crippen molar-refractivity contribution in [3.8, 4) is 0 Å². The maximum atomic E-state index is 13.2. The molecule has 0 saturated carbocycles. The number of primary amides is 1. The fourth-order valence-electron chi connectivity index (χ4n) is 3.58. The number of rotatable bonds is 14. The van der Waals surface area contributed by atoms with E-state index in [4.69, 9.17) is 11.5 Å². The van der Waals surface area contributed by atoms with E-state index in [2.05, 4.69) is 33.6 Å². The lowest BCUT2D eigenvalue weighted by Gasteiger charge is -2.25. The fourth-order valence-corrected chi connectivity index (χ4v) is 3.84. The first-order valence-electron chi connectivity index (χ1n) is 11.8. The molecule has 0 radical (unpaired) electrons. The Hall–Kier alpha value is -3.58. The molecule has 202 valence electrons.